The number of esters is 2. The highest BCUT2D eigenvalue weighted by atomic mass is 31.2. The van der Waals surface area contributed by atoms with Crippen molar-refractivity contribution < 1.29 is 52.9 Å². The molecule has 4 atom stereocenters. The van der Waals surface area contributed by atoms with Crippen molar-refractivity contribution in [1.82, 2.24) is 0 Å². The quantitative estimate of drug-likeness (QED) is 0.0157. The fourth-order valence-electron chi connectivity index (χ4n) is 4.83. The fourth-order valence-corrected chi connectivity index (χ4v) is 5.62. The minimum Gasteiger partial charge on any atom is -0.462 e. The molecule has 0 aromatic carbocycles. The number of aliphatic hydroxyl groups is 3. The monoisotopic (exact) mass is 782 g/mol. The second kappa shape index (κ2) is 37.3. The SMILES string of the molecule is CC/C=C/C/C=C/C=C/C(O)CCCCCCCC(=O)O[C@H](COC(=O)CCCC/C=C\C/C=C\C/C=C\CCCCC)COP(=O)(O)OC[C@@H](O)CO. The van der Waals surface area contributed by atoms with Gasteiger partial charge in [-0.3, -0.25) is 18.6 Å². The Labute approximate surface area is 325 Å². The molecule has 2 unspecified atom stereocenters. The molecule has 0 radical (unpaired) electrons. The van der Waals surface area contributed by atoms with E-state index in [1.807, 2.05) is 18.2 Å². The van der Waals surface area contributed by atoms with Crippen molar-refractivity contribution in [3.8, 4) is 0 Å². The molecule has 0 heterocycles. The largest absolute Gasteiger partial charge is 0.472 e. The molecular weight excluding hydrogens is 711 g/mol. The van der Waals surface area contributed by atoms with E-state index in [0.717, 1.165) is 70.6 Å². The van der Waals surface area contributed by atoms with E-state index < -0.39 is 57.9 Å². The lowest BCUT2D eigenvalue weighted by atomic mass is 10.1. The van der Waals surface area contributed by atoms with Crippen molar-refractivity contribution >= 4 is 19.8 Å². The van der Waals surface area contributed by atoms with Gasteiger partial charge in [-0.25, -0.2) is 4.57 Å². The second-order valence-electron chi connectivity index (χ2n) is 13.1. The van der Waals surface area contributed by atoms with Gasteiger partial charge in [0.05, 0.1) is 25.9 Å². The fraction of sp³-hybridized carbons (Fsp3) is 0.667. The Kier molecular flexibility index (Phi) is 35.5. The Hall–Kier alpha value is -2.63. The predicted molar refractivity (Wildman–Crippen MR) is 216 cm³/mol. The highest BCUT2D eigenvalue weighted by molar-refractivity contribution is 7.47. The molecule has 0 rings (SSSR count). The lowest BCUT2D eigenvalue weighted by molar-refractivity contribution is -0.161. The average Bonchev–Trinajstić information content (AvgIpc) is 3.15. The molecule has 0 amide bonds. The highest BCUT2D eigenvalue weighted by Gasteiger charge is 2.27. The molecule has 310 valence electrons. The van der Waals surface area contributed by atoms with E-state index >= 15 is 0 Å². The molecule has 0 aliphatic heterocycles. The van der Waals surface area contributed by atoms with Crippen LogP contribution in [0.25, 0.3) is 0 Å². The van der Waals surface area contributed by atoms with Crippen LogP contribution in [0, 0.1) is 0 Å². The number of rotatable bonds is 36. The number of phosphoric ester groups is 1. The number of aliphatic hydroxyl groups excluding tert-OH is 3. The van der Waals surface area contributed by atoms with Crippen molar-refractivity contribution in [3.05, 3.63) is 72.9 Å². The van der Waals surface area contributed by atoms with Gasteiger partial charge in [0.25, 0.3) is 0 Å². The summed E-state index contributed by atoms with van der Waals surface area (Å²) in [6.45, 7) is 2.03. The minimum absolute atomic E-state index is 0.102. The molecule has 0 aromatic heterocycles. The molecule has 11 nitrogen and oxygen atoms in total. The first kappa shape index (κ1) is 51.4. The van der Waals surface area contributed by atoms with Gasteiger partial charge >= 0.3 is 19.8 Å². The van der Waals surface area contributed by atoms with Gasteiger partial charge in [0.15, 0.2) is 6.10 Å². The topological polar surface area (TPSA) is 169 Å². The van der Waals surface area contributed by atoms with Crippen molar-refractivity contribution in [1.29, 1.82) is 0 Å². The predicted octanol–water partition coefficient (Wildman–Crippen LogP) is 9.08. The first-order chi connectivity index (χ1) is 26.1. The van der Waals surface area contributed by atoms with Crippen LogP contribution in [0.3, 0.4) is 0 Å². The van der Waals surface area contributed by atoms with Gasteiger partial charge in [-0.15, -0.1) is 0 Å². The number of hydrogen-bond acceptors (Lipinski definition) is 10. The zero-order chi connectivity index (χ0) is 40.0. The molecule has 0 fully saturated rings. The maximum Gasteiger partial charge on any atom is 0.472 e. The van der Waals surface area contributed by atoms with Crippen LogP contribution in [0.4, 0.5) is 0 Å². The van der Waals surface area contributed by atoms with Crippen LogP contribution >= 0.6 is 7.82 Å². The van der Waals surface area contributed by atoms with E-state index in [0.29, 0.717) is 19.3 Å². The minimum atomic E-state index is -4.65. The number of ether oxygens (including phenoxy) is 2. The van der Waals surface area contributed by atoms with E-state index in [-0.39, 0.29) is 19.4 Å². The van der Waals surface area contributed by atoms with Gasteiger partial charge in [0.1, 0.15) is 12.7 Å². The lowest BCUT2D eigenvalue weighted by Crippen LogP contribution is -2.29. The molecular formula is C42H71O11P. The first-order valence-electron chi connectivity index (χ1n) is 20.0. The maximum absolute atomic E-state index is 12.6. The smallest absolute Gasteiger partial charge is 0.462 e. The van der Waals surface area contributed by atoms with Crippen LogP contribution in [-0.4, -0.2) is 76.9 Å². The Bertz CT molecular complexity index is 1150. The summed E-state index contributed by atoms with van der Waals surface area (Å²) in [5, 5.41) is 28.4. The molecule has 12 heteroatoms. The summed E-state index contributed by atoms with van der Waals surface area (Å²) in [7, 11) is -4.65. The zero-order valence-electron chi connectivity index (χ0n) is 33.0. The van der Waals surface area contributed by atoms with Gasteiger partial charge in [0.2, 0.25) is 0 Å². The van der Waals surface area contributed by atoms with E-state index in [1.54, 1.807) is 6.08 Å². The number of unbranched alkanes of at least 4 members (excludes halogenated alkanes) is 9. The molecule has 4 N–H and O–H groups in total. The van der Waals surface area contributed by atoms with Crippen molar-refractivity contribution in [3.63, 3.8) is 0 Å². The summed E-state index contributed by atoms with van der Waals surface area (Å²) in [5.74, 6) is -1.06. The van der Waals surface area contributed by atoms with Gasteiger partial charge in [0, 0.05) is 12.8 Å². The molecule has 54 heavy (non-hydrogen) atoms. The Morgan fingerprint density at radius 3 is 1.91 bits per heavy atom. The summed E-state index contributed by atoms with van der Waals surface area (Å²) >= 11 is 0. The number of allylic oxidation sites excluding steroid dienone is 11. The van der Waals surface area contributed by atoms with E-state index in [1.165, 1.54) is 19.3 Å². The number of hydrogen-bond donors (Lipinski definition) is 4. The Morgan fingerprint density at radius 2 is 1.22 bits per heavy atom. The third kappa shape index (κ3) is 36.4. The first-order valence-corrected chi connectivity index (χ1v) is 21.5. The molecule has 0 aromatic rings. The van der Waals surface area contributed by atoms with Crippen LogP contribution in [0.15, 0.2) is 72.9 Å². The van der Waals surface area contributed by atoms with Crippen molar-refractivity contribution in [2.24, 2.45) is 0 Å². The average molecular weight is 783 g/mol. The molecule has 0 spiro atoms. The van der Waals surface area contributed by atoms with Crippen LogP contribution in [-0.2, 0) is 32.7 Å². The summed E-state index contributed by atoms with van der Waals surface area (Å²) in [6, 6.07) is 0. The summed E-state index contributed by atoms with van der Waals surface area (Å²) in [6.07, 6.45) is 37.5. The van der Waals surface area contributed by atoms with Crippen LogP contribution in [0.2, 0.25) is 0 Å². The van der Waals surface area contributed by atoms with Gasteiger partial charge in [-0.2, -0.15) is 0 Å². The molecule has 0 saturated carbocycles. The van der Waals surface area contributed by atoms with Crippen LogP contribution < -0.4 is 0 Å². The Balaban J connectivity index is 4.52. The van der Waals surface area contributed by atoms with Gasteiger partial charge in [-0.05, 0) is 70.6 Å². The number of carbonyl (C=O) groups is 2. The standard InChI is InChI=1S/C42H71O11P/c1-3-5-7-9-11-12-13-14-15-16-17-18-20-24-28-32-41(46)50-36-40(37-52-54(48,49)51-35-39(45)34-43)53-42(47)33-29-25-21-23-27-31-38(44)30-26-22-19-10-8-6-4-2/h6,8,11-12,14-15,17-19,22,26,30,38-40,43-45H,3-5,7,9-10,13,16,20-21,23-25,27-29,31-37H2,1-2H3,(H,48,49)/b8-6+,12-11-,15-14-,18-17-,22-19+,30-26+/t38?,39-,40+/m0/s1. The third-order valence-corrected chi connectivity index (χ3v) is 8.90. The van der Waals surface area contributed by atoms with Gasteiger partial charge < -0.3 is 29.7 Å². The lowest BCUT2D eigenvalue weighted by Gasteiger charge is -2.20. The van der Waals surface area contributed by atoms with Crippen LogP contribution in [0.5, 0.6) is 0 Å². The highest BCUT2D eigenvalue weighted by Crippen LogP contribution is 2.43. The zero-order valence-corrected chi connectivity index (χ0v) is 33.9. The van der Waals surface area contributed by atoms with Crippen molar-refractivity contribution in [2.45, 2.75) is 154 Å². The Morgan fingerprint density at radius 1 is 0.648 bits per heavy atom. The normalized spacial score (nSPS) is 15.3. The second-order valence-corrected chi connectivity index (χ2v) is 14.6. The summed E-state index contributed by atoms with van der Waals surface area (Å²) in [4.78, 5) is 34.9. The van der Waals surface area contributed by atoms with E-state index in [2.05, 4.69) is 67.0 Å². The number of carbonyl (C=O) groups excluding carboxylic acids is 2. The van der Waals surface area contributed by atoms with E-state index in [4.69, 9.17) is 19.1 Å². The third-order valence-electron chi connectivity index (χ3n) is 7.95. The van der Waals surface area contributed by atoms with E-state index in [9.17, 15) is 29.3 Å². The van der Waals surface area contributed by atoms with Crippen molar-refractivity contribution in [2.75, 3.05) is 26.4 Å². The number of phosphoric acid groups is 1. The molecule has 0 aliphatic carbocycles. The molecule has 0 aliphatic rings. The van der Waals surface area contributed by atoms with Crippen LogP contribution in [0.1, 0.15) is 136 Å². The summed E-state index contributed by atoms with van der Waals surface area (Å²) in [5.41, 5.74) is 0. The summed E-state index contributed by atoms with van der Waals surface area (Å²) < 4.78 is 32.5. The maximum atomic E-state index is 12.6. The molecule has 0 saturated heterocycles. The van der Waals surface area contributed by atoms with Gasteiger partial charge in [-0.1, -0.05) is 125 Å². The molecule has 0 bridgehead atoms.